The fourth-order valence-electron chi connectivity index (χ4n) is 3.57. The molecule has 8 nitrogen and oxygen atoms in total. The molecule has 0 spiro atoms. The highest BCUT2D eigenvalue weighted by molar-refractivity contribution is 5.92. The molecule has 0 heterocycles. The first-order chi connectivity index (χ1) is 19.5. The van der Waals surface area contributed by atoms with E-state index in [1.54, 1.807) is 30.3 Å². The summed E-state index contributed by atoms with van der Waals surface area (Å²) < 4.78 is 27.1. The van der Waals surface area contributed by atoms with Crippen molar-refractivity contribution >= 4 is 17.9 Å². The lowest BCUT2D eigenvalue weighted by Gasteiger charge is -2.13. The number of carbonyl (C=O) groups excluding carboxylic acids is 3. The second-order valence-corrected chi connectivity index (χ2v) is 9.06. The molecule has 0 aliphatic rings. The van der Waals surface area contributed by atoms with Crippen molar-refractivity contribution in [1.82, 2.24) is 0 Å². The van der Waals surface area contributed by atoms with Crippen molar-refractivity contribution in [3.63, 3.8) is 0 Å². The number of carbonyl (C=O) groups is 3. The molecule has 3 aromatic carbocycles. The van der Waals surface area contributed by atoms with Crippen molar-refractivity contribution in [2.45, 2.75) is 46.1 Å². The van der Waals surface area contributed by atoms with E-state index in [9.17, 15) is 14.4 Å². The third kappa shape index (κ3) is 10.4. The molecule has 8 heteroatoms. The average Bonchev–Trinajstić information content (AvgIpc) is 2.98. The second-order valence-electron chi connectivity index (χ2n) is 9.06. The molecule has 0 atom stereocenters. The highest BCUT2D eigenvalue weighted by atomic mass is 16.6. The number of hydrogen-bond donors (Lipinski definition) is 0. The van der Waals surface area contributed by atoms with Crippen molar-refractivity contribution in [2.75, 3.05) is 26.4 Å². The lowest BCUT2D eigenvalue weighted by molar-refractivity contribution is -0.146. The SMILES string of the molecule is CCCCOC(=O)COc1cccc(-c2cc(OCC(=O)OCCCC)cc(C(=O)OCc3ccccc3)c2)c1. The Morgan fingerprint density at radius 1 is 0.625 bits per heavy atom. The summed E-state index contributed by atoms with van der Waals surface area (Å²) in [6.45, 7) is 4.32. The summed E-state index contributed by atoms with van der Waals surface area (Å²) in [4.78, 5) is 37.0. The van der Waals surface area contributed by atoms with Gasteiger partial charge in [-0.2, -0.15) is 0 Å². The Labute approximate surface area is 235 Å². The number of ether oxygens (including phenoxy) is 5. The number of unbranched alkanes of at least 4 members (excludes halogenated alkanes) is 2. The molecule has 0 aliphatic heterocycles. The fraction of sp³-hybridized carbons (Fsp3) is 0.344. The van der Waals surface area contributed by atoms with Gasteiger partial charge < -0.3 is 23.7 Å². The van der Waals surface area contributed by atoms with Crippen LogP contribution < -0.4 is 9.47 Å². The van der Waals surface area contributed by atoms with Crippen molar-refractivity contribution < 1.29 is 38.1 Å². The molecule has 0 fully saturated rings. The summed E-state index contributed by atoms with van der Waals surface area (Å²) in [6, 6.07) is 21.4. The zero-order valence-electron chi connectivity index (χ0n) is 23.1. The van der Waals surface area contributed by atoms with Gasteiger partial charge in [-0.15, -0.1) is 0 Å². The molecule has 0 bridgehead atoms. The van der Waals surface area contributed by atoms with E-state index in [1.807, 2.05) is 50.2 Å². The average molecular weight is 549 g/mol. The van der Waals surface area contributed by atoms with Gasteiger partial charge in [-0.25, -0.2) is 14.4 Å². The normalized spacial score (nSPS) is 10.4. The number of hydrogen-bond acceptors (Lipinski definition) is 8. The Kier molecular flexibility index (Phi) is 12.5. The summed E-state index contributed by atoms with van der Waals surface area (Å²) in [5.41, 5.74) is 2.47. The van der Waals surface area contributed by atoms with E-state index in [1.165, 1.54) is 6.07 Å². The van der Waals surface area contributed by atoms with Crippen LogP contribution in [0.25, 0.3) is 11.1 Å². The molecular formula is C32H36O8. The molecule has 40 heavy (non-hydrogen) atoms. The van der Waals surface area contributed by atoms with Crippen LogP contribution in [0.15, 0.2) is 72.8 Å². The fourth-order valence-corrected chi connectivity index (χ4v) is 3.57. The van der Waals surface area contributed by atoms with Crippen LogP contribution in [0.1, 0.15) is 55.5 Å². The number of benzene rings is 3. The zero-order chi connectivity index (χ0) is 28.6. The monoisotopic (exact) mass is 548 g/mol. The van der Waals surface area contributed by atoms with E-state index in [-0.39, 0.29) is 25.4 Å². The van der Waals surface area contributed by atoms with E-state index in [0.29, 0.717) is 35.8 Å². The lowest BCUT2D eigenvalue weighted by atomic mass is 10.0. The molecule has 3 rings (SSSR count). The van der Waals surface area contributed by atoms with Crippen LogP contribution in [0.2, 0.25) is 0 Å². The third-order valence-corrected chi connectivity index (χ3v) is 5.76. The van der Waals surface area contributed by atoms with Crippen LogP contribution in [-0.2, 0) is 30.4 Å². The smallest absolute Gasteiger partial charge is 0.344 e. The second kappa shape index (κ2) is 16.6. The topological polar surface area (TPSA) is 97.4 Å². The molecule has 0 saturated heterocycles. The molecule has 0 aromatic heterocycles. The Balaban J connectivity index is 1.76. The maximum atomic E-state index is 13.0. The van der Waals surface area contributed by atoms with E-state index < -0.39 is 17.9 Å². The van der Waals surface area contributed by atoms with Crippen molar-refractivity contribution in [1.29, 1.82) is 0 Å². The van der Waals surface area contributed by atoms with E-state index in [4.69, 9.17) is 23.7 Å². The van der Waals surface area contributed by atoms with Crippen LogP contribution >= 0.6 is 0 Å². The summed E-state index contributed by atoms with van der Waals surface area (Å²) in [6.07, 6.45) is 3.41. The van der Waals surface area contributed by atoms with Gasteiger partial charge in [-0.1, -0.05) is 69.2 Å². The molecule has 212 valence electrons. The maximum absolute atomic E-state index is 13.0. The van der Waals surface area contributed by atoms with Gasteiger partial charge in [-0.3, -0.25) is 0 Å². The first-order valence-electron chi connectivity index (χ1n) is 13.5. The Morgan fingerprint density at radius 3 is 1.90 bits per heavy atom. The summed E-state index contributed by atoms with van der Waals surface area (Å²) in [5.74, 6) is -0.702. The molecule has 0 N–H and O–H groups in total. The molecule has 3 aromatic rings. The van der Waals surface area contributed by atoms with Gasteiger partial charge in [-0.05, 0) is 59.9 Å². The van der Waals surface area contributed by atoms with Crippen LogP contribution in [-0.4, -0.2) is 44.3 Å². The minimum absolute atomic E-state index is 0.113. The molecule has 0 amide bonds. The highest BCUT2D eigenvalue weighted by Gasteiger charge is 2.15. The molecule has 0 saturated carbocycles. The van der Waals surface area contributed by atoms with Crippen LogP contribution in [0, 0.1) is 0 Å². The molecule has 0 unspecified atom stereocenters. The van der Waals surface area contributed by atoms with Gasteiger partial charge in [0.15, 0.2) is 13.2 Å². The van der Waals surface area contributed by atoms with Crippen LogP contribution in [0.4, 0.5) is 0 Å². The summed E-state index contributed by atoms with van der Waals surface area (Å²) >= 11 is 0. The largest absolute Gasteiger partial charge is 0.482 e. The van der Waals surface area contributed by atoms with Crippen molar-refractivity contribution in [2.24, 2.45) is 0 Å². The van der Waals surface area contributed by atoms with Gasteiger partial charge in [0, 0.05) is 0 Å². The highest BCUT2D eigenvalue weighted by Crippen LogP contribution is 2.29. The Bertz CT molecular complexity index is 1240. The maximum Gasteiger partial charge on any atom is 0.344 e. The van der Waals surface area contributed by atoms with E-state index in [2.05, 4.69) is 0 Å². The minimum Gasteiger partial charge on any atom is -0.482 e. The van der Waals surface area contributed by atoms with Gasteiger partial charge in [0.05, 0.1) is 18.8 Å². The zero-order valence-corrected chi connectivity index (χ0v) is 23.1. The molecular weight excluding hydrogens is 512 g/mol. The number of esters is 3. The third-order valence-electron chi connectivity index (χ3n) is 5.76. The lowest BCUT2D eigenvalue weighted by Crippen LogP contribution is -2.16. The Morgan fingerprint density at radius 2 is 1.25 bits per heavy atom. The van der Waals surface area contributed by atoms with E-state index >= 15 is 0 Å². The minimum atomic E-state index is -0.539. The first kappa shape index (κ1) is 30.2. The standard InChI is InChI=1S/C32H36O8/c1-3-5-15-36-30(33)22-38-28-14-10-13-25(18-28)26-17-27(32(35)40-21-24-11-8-7-9-12-24)20-29(19-26)39-23-31(34)37-16-6-4-2/h7-14,17-20H,3-6,15-16,21-23H2,1-2H3. The molecule has 0 aliphatic carbocycles. The number of rotatable bonds is 16. The predicted molar refractivity (Wildman–Crippen MR) is 150 cm³/mol. The summed E-state index contributed by atoms with van der Waals surface area (Å²) in [7, 11) is 0. The van der Waals surface area contributed by atoms with Crippen LogP contribution in [0.3, 0.4) is 0 Å². The Hall–Kier alpha value is -4.33. The van der Waals surface area contributed by atoms with Gasteiger partial charge >= 0.3 is 17.9 Å². The van der Waals surface area contributed by atoms with Gasteiger partial charge in [0.2, 0.25) is 0 Å². The summed E-state index contributed by atoms with van der Waals surface area (Å²) in [5, 5.41) is 0. The van der Waals surface area contributed by atoms with Crippen LogP contribution in [0.5, 0.6) is 11.5 Å². The van der Waals surface area contributed by atoms with Gasteiger partial charge in [0.25, 0.3) is 0 Å². The van der Waals surface area contributed by atoms with Crippen molar-refractivity contribution in [3.8, 4) is 22.6 Å². The van der Waals surface area contributed by atoms with Crippen molar-refractivity contribution in [3.05, 3.63) is 83.9 Å². The first-order valence-corrected chi connectivity index (χ1v) is 13.5. The molecule has 0 radical (unpaired) electrons. The van der Waals surface area contributed by atoms with E-state index in [0.717, 1.165) is 31.2 Å². The van der Waals surface area contributed by atoms with Gasteiger partial charge in [0.1, 0.15) is 18.1 Å². The predicted octanol–water partition coefficient (Wildman–Crippen LogP) is 6.15. The quantitative estimate of drug-likeness (QED) is 0.119.